The van der Waals surface area contributed by atoms with Gasteiger partial charge in [-0.1, -0.05) is 0 Å². The fourth-order valence-electron chi connectivity index (χ4n) is 1.18. The first-order valence-electron chi connectivity index (χ1n) is 5.37. The number of hydrogen-bond donors (Lipinski definition) is 3. The molecule has 1 aromatic heterocycles. The van der Waals surface area contributed by atoms with Gasteiger partial charge in [0.2, 0.25) is 5.96 Å². The van der Waals surface area contributed by atoms with E-state index >= 15 is 0 Å². The lowest BCUT2D eigenvalue weighted by atomic mass is 10.3. The van der Waals surface area contributed by atoms with Crippen LogP contribution < -0.4 is 16.5 Å². The third-order valence-electron chi connectivity index (χ3n) is 1.94. The zero-order valence-electron chi connectivity index (χ0n) is 10.3. The number of amidine groups is 1. The van der Waals surface area contributed by atoms with Crippen LogP contribution in [0.4, 0.5) is 0 Å². The van der Waals surface area contributed by atoms with Crippen LogP contribution in [0.2, 0.25) is 0 Å². The maximum Gasteiger partial charge on any atom is 0.209 e. The van der Waals surface area contributed by atoms with Crippen molar-refractivity contribution >= 4 is 23.1 Å². The van der Waals surface area contributed by atoms with Gasteiger partial charge in [-0.15, -0.1) is 11.3 Å². The van der Waals surface area contributed by atoms with Crippen molar-refractivity contribution in [2.45, 2.75) is 20.3 Å². The molecule has 1 heterocycles. The molecule has 0 aliphatic carbocycles. The Morgan fingerprint density at radius 2 is 2.35 bits per heavy atom. The second kappa shape index (κ2) is 6.85. The highest BCUT2D eigenvalue weighted by Crippen LogP contribution is 2.08. The van der Waals surface area contributed by atoms with Crippen LogP contribution in [-0.4, -0.2) is 30.4 Å². The van der Waals surface area contributed by atoms with Gasteiger partial charge in [0.05, 0.1) is 17.1 Å². The number of nitrogens with one attached hydrogen (secondary N) is 2. The second-order valence-electron chi connectivity index (χ2n) is 3.31. The molecule has 0 aromatic carbocycles. The molecule has 0 radical (unpaired) electrons. The Balaban J connectivity index is 2.59. The van der Waals surface area contributed by atoms with E-state index in [0.717, 1.165) is 16.5 Å². The molecule has 0 aliphatic heterocycles. The van der Waals surface area contributed by atoms with E-state index in [4.69, 9.17) is 5.73 Å². The molecule has 0 spiro atoms. The summed E-state index contributed by atoms with van der Waals surface area (Å²) in [6.45, 7) is 4.53. The van der Waals surface area contributed by atoms with E-state index in [1.165, 1.54) is 0 Å². The van der Waals surface area contributed by atoms with Gasteiger partial charge in [-0.3, -0.25) is 4.99 Å². The van der Waals surface area contributed by atoms with Crippen LogP contribution in [0.1, 0.15) is 17.6 Å². The molecule has 0 amide bonds. The minimum Gasteiger partial charge on any atom is -0.375 e. The number of hydrazone groups is 1. The van der Waals surface area contributed by atoms with Crippen LogP contribution in [0.5, 0.6) is 0 Å². The zero-order chi connectivity index (χ0) is 12.7. The number of aliphatic imine (C=N–C) groups is 1. The third-order valence-corrected chi connectivity index (χ3v) is 2.76. The van der Waals surface area contributed by atoms with Crippen molar-refractivity contribution in [1.82, 2.24) is 15.7 Å². The van der Waals surface area contributed by atoms with Gasteiger partial charge in [0.1, 0.15) is 5.84 Å². The monoisotopic (exact) mass is 254 g/mol. The van der Waals surface area contributed by atoms with E-state index in [9.17, 15) is 0 Å². The summed E-state index contributed by atoms with van der Waals surface area (Å²) in [5, 5.41) is 10.2. The lowest BCUT2D eigenvalue weighted by Gasteiger charge is -2.04. The van der Waals surface area contributed by atoms with Gasteiger partial charge in [-0.25, -0.2) is 10.4 Å². The van der Waals surface area contributed by atoms with Gasteiger partial charge < -0.3 is 11.1 Å². The number of nitrogens with two attached hydrogens (primary N) is 1. The smallest absolute Gasteiger partial charge is 0.209 e. The number of hydrogen-bond acceptors (Lipinski definition) is 4. The highest BCUT2D eigenvalue weighted by atomic mass is 32.1. The molecule has 0 fully saturated rings. The van der Waals surface area contributed by atoms with Gasteiger partial charge in [0.25, 0.3) is 0 Å². The predicted molar refractivity (Wildman–Crippen MR) is 72.3 cm³/mol. The number of thiazole rings is 1. The van der Waals surface area contributed by atoms with Crippen LogP contribution in [0, 0.1) is 6.92 Å². The Kier molecular flexibility index (Phi) is 5.41. The average Bonchev–Trinajstić information content (AvgIpc) is 2.70. The molecule has 0 aliphatic rings. The van der Waals surface area contributed by atoms with Crippen molar-refractivity contribution in [3.63, 3.8) is 0 Å². The molecule has 1 rings (SSSR count). The van der Waals surface area contributed by atoms with Crippen LogP contribution in [0.3, 0.4) is 0 Å². The zero-order valence-corrected chi connectivity index (χ0v) is 11.1. The molecule has 6 nitrogen and oxygen atoms in total. The van der Waals surface area contributed by atoms with Gasteiger partial charge in [-0.2, -0.15) is 5.10 Å². The summed E-state index contributed by atoms with van der Waals surface area (Å²) in [6, 6.07) is 0. The number of rotatable bonds is 4. The molecule has 17 heavy (non-hydrogen) atoms. The van der Waals surface area contributed by atoms with E-state index in [1.54, 1.807) is 11.3 Å². The summed E-state index contributed by atoms with van der Waals surface area (Å²) in [7, 11) is 1.81. The standard InChI is InChI=1S/C10H18N6S/c1-4-13-10(11)16-15-9(12-3)5-8-6-17-7(2)14-8/h6H,4-5H2,1-3H3,(H,12,15)(H3,11,13,16). The number of guanidine groups is 1. The molecule has 1 aromatic rings. The number of aryl methyl sites for hydroxylation is 1. The molecule has 4 N–H and O–H groups in total. The lowest BCUT2D eigenvalue weighted by molar-refractivity contribution is 0.932. The summed E-state index contributed by atoms with van der Waals surface area (Å²) in [5.74, 6) is 1.08. The first-order valence-corrected chi connectivity index (χ1v) is 6.25. The summed E-state index contributed by atoms with van der Waals surface area (Å²) < 4.78 is 0. The topological polar surface area (TPSA) is 87.7 Å². The Hall–Kier alpha value is -1.63. The Labute approximate surface area is 105 Å². The largest absolute Gasteiger partial charge is 0.375 e. The van der Waals surface area contributed by atoms with E-state index in [0.29, 0.717) is 18.9 Å². The maximum atomic E-state index is 5.58. The van der Waals surface area contributed by atoms with Gasteiger partial charge in [-0.05, 0) is 13.8 Å². The molecular weight excluding hydrogens is 236 g/mol. The van der Waals surface area contributed by atoms with Crippen molar-refractivity contribution in [1.29, 1.82) is 0 Å². The Bertz CT molecular complexity index is 409. The Morgan fingerprint density at radius 3 is 2.88 bits per heavy atom. The van der Waals surface area contributed by atoms with Gasteiger partial charge in [0, 0.05) is 19.0 Å². The molecule has 0 atom stereocenters. The van der Waals surface area contributed by atoms with E-state index < -0.39 is 0 Å². The quantitative estimate of drug-likeness (QED) is 0.413. The van der Waals surface area contributed by atoms with Crippen LogP contribution in [-0.2, 0) is 6.42 Å². The summed E-state index contributed by atoms with van der Waals surface area (Å²) in [5.41, 5.74) is 9.26. The van der Waals surface area contributed by atoms with Crippen LogP contribution in [0.25, 0.3) is 0 Å². The molecule has 7 heteroatoms. The van der Waals surface area contributed by atoms with Gasteiger partial charge in [0.15, 0.2) is 0 Å². The predicted octanol–water partition coefficient (Wildman–Crippen LogP) is 0.451. The maximum absolute atomic E-state index is 5.58. The van der Waals surface area contributed by atoms with Crippen molar-refractivity contribution < 1.29 is 0 Å². The average molecular weight is 254 g/mol. The van der Waals surface area contributed by atoms with Crippen molar-refractivity contribution in [2.75, 3.05) is 13.6 Å². The molecule has 94 valence electrons. The fourth-order valence-corrected chi connectivity index (χ4v) is 1.79. The van der Waals surface area contributed by atoms with Gasteiger partial charge >= 0.3 is 0 Å². The van der Waals surface area contributed by atoms with E-state index in [-0.39, 0.29) is 0 Å². The SMILES string of the molecule is CC/N=C(/N)N/N=C(/Cc1csc(C)n1)NC. The molecule has 0 unspecified atom stereocenters. The van der Waals surface area contributed by atoms with E-state index in [2.05, 4.69) is 25.8 Å². The minimum absolute atomic E-state index is 0.315. The van der Waals surface area contributed by atoms with E-state index in [1.807, 2.05) is 26.3 Å². The summed E-state index contributed by atoms with van der Waals surface area (Å²) in [6.07, 6.45) is 0.646. The molecule has 0 saturated heterocycles. The number of nitrogens with zero attached hydrogens (tertiary/aromatic N) is 3. The fraction of sp³-hybridized carbons (Fsp3) is 0.500. The molecular formula is C10H18N6S. The molecule has 0 saturated carbocycles. The Morgan fingerprint density at radius 1 is 1.59 bits per heavy atom. The molecule has 0 bridgehead atoms. The lowest BCUT2D eigenvalue weighted by Crippen LogP contribution is -2.32. The highest BCUT2D eigenvalue weighted by Gasteiger charge is 2.03. The summed E-state index contributed by atoms with van der Waals surface area (Å²) >= 11 is 1.63. The van der Waals surface area contributed by atoms with Crippen LogP contribution >= 0.6 is 11.3 Å². The number of aromatic nitrogens is 1. The number of likely N-dealkylation sites (N-methyl/N-ethyl adjacent to an activating group) is 1. The summed E-state index contributed by atoms with van der Waals surface area (Å²) in [4.78, 5) is 8.35. The van der Waals surface area contributed by atoms with Crippen molar-refractivity contribution in [2.24, 2.45) is 15.8 Å². The first kappa shape index (κ1) is 13.4. The first-order chi connectivity index (χ1) is 8.15. The second-order valence-corrected chi connectivity index (χ2v) is 4.38. The third kappa shape index (κ3) is 4.81. The van der Waals surface area contributed by atoms with Crippen molar-refractivity contribution in [3.05, 3.63) is 16.1 Å². The normalized spacial score (nSPS) is 12.6. The highest BCUT2D eigenvalue weighted by molar-refractivity contribution is 7.09. The van der Waals surface area contributed by atoms with Crippen LogP contribution in [0.15, 0.2) is 15.5 Å². The minimum atomic E-state index is 0.315. The van der Waals surface area contributed by atoms with Crippen molar-refractivity contribution in [3.8, 4) is 0 Å².